The molecule has 2 rings (SSSR count). The molecule has 2 aromatic rings. The lowest BCUT2D eigenvalue weighted by Gasteiger charge is -2.03. The van der Waals surface area contributed by atoms with Gasteiger partial charge < -0.3 is 5.32 Å². The summed E-state index contributed by atoms with van der Waals surface area (Å²) in [5, 5.41) is 15.6. The maximum absolute atomic E-state index is 4.41. The van der Waals surface area contributed by atoms with Crippen LogP contribution in [-0.2, 0) is 19.6 Å². The molecule has 6 heteroatoms. The number of aryl methyl sites for hydroxylation is 4. The SMILES string of the molecule is CNCc1cn(CCn2nc(C)cc2C)nn1. The van der Waals surface area contributed by atoms with Crippen molar-refractivity contribution in [2.24, 2.45) is 0 Å². The van der Waals surface area contributed by atoms with Crippen LogP contribution in [0.4, 0.5) is 0 Å². The summed E-state index contributed by atoms with van der Waals surface area (Å²) in [7, 11) is 1.90. The second kappa shape index (κ2) is 5.09. The quantitative estimate of drug-likeness (QED) is 0.819. The lowest BCUT2D eigenvalue weighted by molar-refractivity contribution is 0.481. The van der Waals surface area contributed by atoms with Crippen molar-refractivity contribution in [2.75, 3.05) is 7.05 Å². The van der Waals surface area contributed by atoms with Crippen LogP contribution in [0, 0.1) is 13.8 Å². The second-order valence-corrected chi connectivity index (χ2v) is 4.15. The van der Waals surface area contributed by atoms with Gasteiger partial charge in [0.05, 0.1) is 24.5 Å². The third-order valence-corrected chi connectivity index (χ3v) is 2.59. The molecule has 0 aromatic carbocycles. The van der Waals surface area contributed by atoms with Crippen LogP contribution >= 0.6 is 0 Å². The minimum absolute atomic E-state index is 0.750. The van der Waals surface area contributed by atoms with Crippen molar-refractivity contribution in [2.45, 2.75) is 33.5 Å². The van der Waals surface area contributed by atoms with Crippen LogP contribution in [0.3, 0.4) is 0 Å². The topological polar surface area (TPSA) is 60.6 Å². The number of rotatable bonds is 5. The fourth-order valence-corrected chi connectivity index (χ4v) is 1.81. The molecule has 0 radical (unpaired) electrons. The van der Waals surface area contributed by atoms with Gasteiger partial charge in [0.2, 0.25) is 0 Å². The molecule has 0 amide bonds. The van der Waals surface area contributed by atoms with Crippen molar-refractivity contribution in [3.05, 3.63) is 29.3 Å². The van der Waals surface area contributed by atoms with E-state index in [9.17, 15) is 0 Å². The van der Waals surface area contributed by atoms with E-state index in [0.29, 0.717) is 0 Å². The first-order chi connectivity index (χ1) is 8.19. The highest BCUT2D eigenvalue weighted by atomic mass is 15.4. The largest absolute Gasteiger partial charge is 0.314 e. The van der Waals surface area contributed by atoms with Gasteiger partial charge in [-0.1, -0.05) is 5.21 Å². The van der Waals surface area contributed by atoms with Gasteiger partial charge in [0.25, 0.3) is 0 Å². The van der Waals surface area contributed by atoms with Gasteiger partial charge >= 0.3 is 0 Å². The molecule has 92 valence electrons. The van der Waals surface area contributed by atoms with Crippen LogP contribution in [0.2, 0.25) is 0 Å². The first kappa shape index (κ1) is 11.8. The number of aromatic nitrogens is 5. The van der Waals surface area contributed by atoms with Gasteiger partial charge in [-0.25, -0.2) is 0 Å². The maximum Gasteiger partial charge on any atom is 0.0964 e. The molecular formula is C11H18N6. The van der Waals surface area contributed by atoms with Crippen LogP contribution in [0.1, 0.15) is 17.1 Å². The van der Waals surface area contributed by atoms with Crippen LogP contribution in [-0.4, -0.2) is 31.8 Å². The summed E-state index contributed by atoms with van der Waals surface area (Å²) in [5.74, 6) is 0. The molecule has 0 aliphatic carbocycles. The molecule has 0 saturated carbocycles. The zero-order valence-electron chi connectivity index (χ0n) is 10.5. The van der Waals surface area contributed by atoms with Crippen LogP contribution in [0.5, 0.6) is 0 Å². The lowest BCUT2D eigenvalue weighted by Crippen LogP contribution is -2.10. The molecule has 0 bridgehead atoms. The van der Waals surface area contributed by atoms with Gasteiger partial charge in [-0.3, -0.25) is 9.36 Å². The Bertz CT molecular complexity index is 484. The molecule has 2 aromatic heterocycles. The Kier molecular flexibility index (Phi) is 3.53. The average Bonchev–Trinajstić information content (AvgIpc) is 2.83. The van der Waals surface area contributed by atoms with E-state index < -0.39 is 0 Å². The zero-order valence-corrected chi connectivity index (χ0v) is 10.5. The Hall–Kier alpha value is -1.69. The Labute approximate surface area is 101 Å². The van der Waals surface area contributed by atoms with Gasteiger partial charge in [0.15, 0.2) is 0 Å². The maximum atomic E-state index is 4.41. The first-order valence-corrected chi connectivity index (χ1v) is 5.73. The summed E-state index contributed by atoms with van der Waals surface area (Å²) in [5.41, 5.74) is 3.19. The molecule has 2 heterocycles. The Morgan fingerprint density at radius 3 is 2.76 bits per heavy atom. The van der Waals surface area contributed by atoms with Crippen molar-refractivity contribution in [1.82, 2.24) is 30.1 Å². The van der Waals surface area contributed by atoms with E-state index in [1.807, 2.05) is 29.5 Å². The summed E-state index contributed by atoms with van der Waals surface area (Å²) in [6.45, 7) is 6.43. The smallest absolute Gasteiger partial charge is 0.0964 e. The minimum atomic E-state index is 0.750. The highest BCUT2D eigenvalue weighted by molar-refractivity contribution is 5.06. The van der Waals surface area contributed by atoms with Crippen molar-refractivity contribution < 1.29 is 0 Å². The molecule has 0 spiro atoms. The predicted molar refractivity (Wildman–Crippen MR) is 64.5 cm³/mol. The van der Waals surface area contributed by atoms with Gasteiger partial charge in [0, 0.05) is 18.4 Å². The van der Waals surface area contributed by atoms with Crippen molar-refractivity contribution in [1.29, 1.82) is 0 Å². The Morgan fingerprint density at radius 1 is 1.29 bits per heavy atom. The third-order valence-electron chi connectivity index (χ3n) is 2.59. The van der Waals surface area contributed by atoms with E-state index >= 15 is 0 Å². The van der Waals surface area contributed by atoms with Crippen LogP contribution in [0.25, 0.3) is 0 Å². The normalized spacial score (nSPS) is 11.0. The van der Waals surface area contributed by atoms with E-state index in [1.165, 1.54) is 5.69 Å². The minimum Gasteiger partial charge on any atom is -0.314 e. The number of nitrogens with one attached hydrogen (secondary N) is 1. The van der Waals surface area contributed by atoms with Crippen molar-refractivity contribution >= 4 is 0 Å². The number of hydrogen-bond acceptors (Lipinski definition) is 4. The monoisotopic (exact) mass is 234 g/mol. The highest BCUT2D eigenvalue weighted by Gasteiger charge is 2.03. The summed E-state index contributed by atoms with van der Waals surface area (Å²) >= 11 is 0. The van der Waals surface area contributed by atoms with Crippen molar-refractivity contribution in [3.63, 3.8) is 0 Å². The summed E-state index contributed by atoms with van der Waals surface area (Å²) in [6, 6.07) is 2.08. The summed E-state index contributed by atoms with van der Waals surface area (Å²) in [4.78, 5) is 0. The molecule has 1 N–H and O–H groups in total. The fourth-order valence-electron chi connectivity index (χ4n) is 1.81. The number of hydrogen-bond donors (Lipinski definition) is 1. The molecule has 6 nitrogen and oxygen atoms in total. The Balaban J connectivity index is 1.95. The lowest BCUT2D eigenvalue weighted by atomic mass is 10.4. The predicted octanol–water partition coefficient (Wildman–Crippen LogP) is 0.511. The fraction of sp³-hybridized carbons (Fsp3) is 0.545. The van der Waals surface area contributed by atoms with Crippen molar-refractivity contribution in [3.8, 4) is 0 Å². The Morgan fingerprint density at radius 2 is 2.12 bits per heavy atom. The molecule has 0 aliphatic rings. The second-order valence-electron chi connectivity index (χ2n) is 4.15. The number of nitrogens with zero attached hydrogens (tertiary/aromatic N) is 5. The van der Waals surface area contributed by atoms with Gasteiger partial charge in [-0.15, -0.1) is 5.10 Å². The average molecular weight is 234 g/mol. The van der Waals surface area contributed by atoms with Gasteiger partial charge in [-0.05, 0) is 27.0 Å². The van der Waals surface area contributed by atoms with E-state index in [-0.39, 0.29) is 0 Å². The van der Waals surface area contributed by atoms with Crippen LogP contribution < -0.4 is 5.32 Å². The van der Waals surface area contributed by atoms with Crippen LogP contribution in [0.15, 0.2) is 12.3 Å². The van der Waals surface area contributed by atoms with Gasteiger partial charge in [-0.2, -0.15) is 5.10 Å². The molecular weight excluding hydrogens is 216 g/mol. The standard InChI is InChI=1S/C11H18N6/c1-9-6-10(2)17(14-9)5-4-16-8-11(7-12-3)13-15-16/h6,8,12H,4-5,7H2,1-3H3. The van der Waals surface area contributed by atoms with E-state index in [2.05, 4.69) is 33.7 Å². The van der Waals surface area contributed by atoms with E-state index in [4.69, 9.17) is 0 Å². The van der Waals surface area contributed by atoms with E-state index in [0.717, 1.165) is 31.0 Å². The molecule has 17 heavy (non-hydrogen) atoms. The first-order valence-electron chi connectivity index (χ1n) is 5.73. The molecule has 0 saturated heterocycles. The van der Waals surface area contributed by atoms with E-state index in [1.54, 1.807) is 0 Å². The zero-order chi connectivity index (χ0) is 12.3. The molecule has 0 aliphatic heterocycles. The molecule has 0 atom stereocenters. The molecule has 0 fully saturated rings. The highest BCUT2D eigenvalue weighted by Crippen LogP contribution is 2.02. The molecule has 0 unspecified atom stereocenters. The summed E-state index contributed by atoms with van der Waals surface area (Å²) in [6.07, 6.45) is 1.96. The summed E-state index contributed by atoms with van der Waals surface area (Å²) < 4.78 is 3.85. The van der Waals surface area contributed by atoms with Gasteiger partial charge in [0.1, 0.15) is 0 Å². The third kappa shape index (κ3) is 2.91.